The normalized spacial score (nSPS) is 11.3. The Bertz CT molecular complexity index is 667. The Morgan fingerprint density at radius 3 is 2.50 bits per heavy atom. The van der Waals surface area contributed by atoms with E-state index in [0.29, 0.717) is 5.16 Å². The van der Waals surface area contributed by atoms with Gasteiger partial charge in [-0.25, -0.2) is 15.4 Å². The number of nitrogens with one attached hydrogen (secondary N) is 1. The summed E-state index contributed by atoms with van der Waals surface area (Å²) in [5.41, 5.74) is 5.96. The summed E-state index contributed by atoms with van der Waals surface area (Å²) in [5.74, 6) is 0.0249. The first-order chi connectivity index (χ1) is 10.5. The second-order valence-corrected chi connectivity index (χ2v) is 5.63. The van der Waals surface area contributed by atoms with E-state index < -0.39 is 0 Å². The van der Waals surface area contributed by atoms with E-state index in [1.807, 2.05) is 39.0 Å². The van der Waals surface area contributed by atoms with Gasteiger partial charge in [-0.1, -0.05) is 11.8 Å². The lowest BCUT2D eigenvalue weighted by atomic mass is 10.2. The predicted molar refractivity (Wildman–Crippen MR) is 86.8 cm³/mol. The van der Waals surface area contributed by atoms with E-state index in [2.05, 4.69) is 25.5 Å². The molecular weight excluding hydrogens is 298 g/mol. The number of aryl methyl sites for hydroxylation is 2. The van der Waals surface area contributed by atoms with Crippen molar-refractivity contribution in [1.29, 1.82) is 0 Å². The molecule has 1 amide bonds. The van der Waals surface area contributed by atoms with E-state index in [-0.39, 0.29) is 11.7 Å². The van der Waals surface area contributed by atoms with Crippen LogP contribution in [-0.2, 0) is 4.79 Å². The van der Waals surface area contributed by atoms with Crippen LogP contribution in [-0.4, -0.2) is 32.3 Å². The largest absolute Gasteiger partial charge is 0.272 e. The molecule has 2 heterocycles. The first-order valence-corrected chi connectivity index (χ1v) is 7.72. The van der Waals surface area contributed by atoms with E-state index >= 15 is 0 Å². The molecule has 2 aromatic heterocycles. The molecule has 2 rings (SSSR count). The van der Waals surface area contributed by atoms with Gasteiger partial charge in [-0.3, -0.25) is 9.78 Å². The van der Waals surface area contributed by atoms with Crippen LogP contribution in [0.3, 0.4) is 0 Å². The number of nitrogens with zero attached hydrogens (tertiary/aromatic N) is 4. The quantitative estimate of drug-likeness (QED) is 0.396. The molecule has 7 heteroatoms. The van der Waals surface area contributed by atoms with Gasteiger partial charge in [0.25, 0.3) is 5.91 Å². The lowest BCUT2D eigenvalue weighted by Crippen LogP contribution is -2.21. The topological polar surface area (TPSA) is 80.1 Å². The predicted octanol–water partition coefficient (Wildman–Crippen LogP) is 2.12. The third-order valence-corrected chi connectivity index (χ3v) is 3.59. The number of hydrazone groups is 1. The maximum Gasteiger partial charge on any atom is 0.250 e. The van der Waals surface area contributed by atoms with E-state index in [1.54, 1.807) is 12.4 Å². The first kappa shape index (κ1) is 16.1. The number of hydrogen-bond donors (Lipinski definition) is 1. The minimum absolute atomic E-state index is 0.193. The SMILES string of the molecule is CC(=NNC(=O)CSc1nc(C)cc(C)n1)c1ccncc1. The summed E-state index contributed by atoms with van der Waals surface area (Å²) in [4.78, 5) is 24.3. The van der Waals surface area contributed by atoms with E-state index in [4.69, 9.17) is 0 Å². The molecular formula is C15H17N5OS. The highest BCUT2D eigenvalue weighted by molar-refractivity contribution is 7.99. The maximum atomic E-state index is 11.8. The van der Waals surface area contributed by atoms with Crippen molar-refractivity contribution in [2.45, 2.75) is 25.9 Å². The van der Waals surface area contributed by atoms with Crippen LogP contribution in [0.5, 0.6) is 0 Å². The zero-order valence-corrected chi connectivity index (χ0v) is 13.5. The number of thioether (sulfide) groups is 1. The van der Waals surface area contributed by atoms with Gasteiger partial charge in [0, 0.05) is 29.3 Å². The van der Waals surface area contributed by atoms with Crippen LogP contribution in [0.15, 0.2) is 40.9 Å². The molecule has 0 bridgehead atoms. The Labute approximate surface area is 133 Å². The van der Waals surface area contributed by atoms with E-state index in [9.17, 15) is 4.79 Å². The van der Waals surface area contributed by atoms with Gasteiger partial charge >= 0.3 is 0 Å². The molecule has 0 atom stereocenters. The van der Waals surface area contributed by atoms with Gasteiger partial charge in [0.15, 0.2) is 5.16 Å². The highest BCUT2D eigenvalue weighted by Gasteiger charge is 2.06. The molecule has 6 nitrogen and oxygen atoms in total. The van der Waals surface area contributed by atoms with E-state index in [1.165, 1.54) is 11.8 Å². The van der Waals surface area contributed by atoms with Crippen molar-refractivity contribution in [3.8, 4) is 0 Å². The van der Waals surface area contributed by atoms with Crippen LogP contribution in [0.25, 0.3) is 0 Å². The number of hydrogen-bond acceptors (Lipinski definition) is 6. The van der Waals surface area contributed by atoms with Crippen molar-refractivity contribution in [2.75, 3.05) is 5.75 Å². The minimum Gasteiger partial charge on any atom is -0.272 e. The number of amides is 1. The Balaban J connectivity index is 1.88. The standard InChI is InChI=1S/C15H17N5OS/c1-10-8-11(2)18-15(17-10)22-9-14(21)20-19-12(3)13-4-6-16-7-5-13/h4-8H,9H2,1-3H3,(H,20,21). The summed E-state index contributed by atoms with van der Waals surface area (Å²) < 4.78 is 0. The third-order valence-electron chi connectivity index (χ3n) is 2.74. The molecule has 0 aliphatic rings. The van der Waals surface area contributed by atoms with Crippen molar-refractivity contribution in [3.63, 3.8) is 0 Å². The summed E-state index contributed by atoms with van der Waals surface area (Å²) in [6, 6.07) is 5.57. The highest BCUT2D eigenvalue weighted by atomic mass is 32.2. The Morgan fingerprint density at radius 1 is 1.23 bits per heavy atom. The van der Waals surface area contributed by atoms with Crippen LogP contribution in [0.2, 0.25) is 0 Å². The molecule has 0 aliphatic carbocycles. The van der Waals surface area contributed by atoms with Gasteiger partial charge in [-0.05, 0) is 39.0 Å². The molecule has 1 N–H and O–H groups in total. The van der Waals surface area contributed by atoms with Gasteiger partial charge in [-0.2, -0.15) is 5.10 Å². The summed E-state index contributed by atoms with van der Waals surface area (Å²) in [6.07, 6.45) is 3.37. The van der Waals surface area contributed by atoms with Gasteiger partial charge in [0.2, 0.25) is 0 Å². The summed E-state index contributed by atoms with van der Waals surface area (Å²) in [6.45, 7) is 5.64. The van der Waals surface area contributed by atoms with Crippen molar-refractivity contribution < 1.29 is 4.79 Å². The second-order valence-electron chi connectivity index (χ2n) is 4.69. The average molecular weight is 315 g/mol. The van der Waals surface area contributed by atoms with E-state index in [0.717, 1.165) is 22.7 Å². The van der Waals surface area contributed by atoms with Gasteiger partial charge in [0.05, 0.1) is 11.5 Å². The average Bonchev–Trinajstić information content (AvgIpc) is 2.50. The summed E-state index contributed by atoms with van der Waals surface area (Å²) in [7, 11) is 0. The molecule has 0 spiro atoms. The molecule has 0 fully saturated rings. The molecule has 22 heavy (non-hydrogen) atoms. The van der Waals surface area contributed by atoms with Crippen LogP contribution < -0.4 is 5.43 Å². The minimum atomic E-state index is -0.193. The lowest BCUT2D eigenvalue weighted by molar-refractivity contribution is -0.118. The first-order valence-electron chi connectivity index (χ1n) is 6.73. The monoisotopic (exact) mass is 315 g/mol. The molecule has 0 aliphatic heterocycles. The lowest BCUT2D eigenvalue weighted by Gasteiger charge is -2.03. The fourth-order valence-corrected chi connectivity index (χ4v) is 2.47. The van der Waals surface area contributed by atoms with Gasteiger partial charge in [-0.15, -0.1) is 0 Å². The fourth-order valence-electron chi connectivity index (χ4n) is 1.72. The fraction of sp³-hybridized carbons (Fsp3) is 0.267. The van der Waals surface area contributed by atoms with Gasteiger partial charge < -0.3 is 0 Å². The van der Waals surface area contributed by atoms with Crippen molar-refractivity contribution >= 4 is 23.4 Å². The summed E-state index contributed by atoms with van der Waals surface area (Å²) >= 11 is 1.29. The van der Waals surface area contributed by atoms with Crippen LogP contribution in [0, 0.1) is 13.8 Å². The molecule has 0 radical (unpaired) electrons. The molecule has 2 aromatic rings. The zero-order chi connectivity index (χ0) is 15.9. The van der Waals surface area contributed by atoms with Crippen molar-refractivity contribution in [1.82, 2.24) is 20.4 Å². The smallest absolute Gasteiger partial charge is 0.250 e. The number of aromatic nitrogens is 3. The molecule has 0 saturated carbocycles. The third kappa shape index (κ3) is 4.92. The molecule has 0 unspecified atom stereocenters. The Hall–Kier alpha value is -2.28. The Morgan fingerprint density at radius 2 is 1.86 bits per heavy atom. The van der Waals surface area contributed by atoms with Crippen molar-refractivity contribution in [3.05, 3.63) is 47.5 Å². The molecule has 0 aromatic carbocycles. The van der Waals surface area contributed by atoms with Gasteiger partial charge in [0.1, 0.15) is 0 Å². The number of pyridine rings is 1. The highest BCUT2D eigenvalue weighted by Crippen LogP contribution is 2.13. The summed E-state index contributed by atoms with van der Waals surface area (Å²) in [5, 5.41) is 4.68. The number of rotatable bonds is 5. The number of carbonyl (C=O) groups is 1. The second kappa shape index (κ2) is 7.65. The molecule has 0 saturated heterocycles. The number of carbonyl (C=O) groups excluding carboxylic acids is 1. The molecule has 114 valence electrons. The maximum absolute atomic E-state index is 11.8. The zero-order valence-electron chi connectivity index (χ0n) is 12.7. The van der Waals surface area contributed by atoms with Crippen LogP contribution >= 0.6 is 11.8 Å². The van der Waals surface area contributed by atoms with Crippen LogP contribution in [0.1, 0.15) is 23.9 Å². The van der Waals surface area contributed by atoms with Crippen molar-refractivity contribution in [2.24, 2.45) is 5.10 Å². The Kier molecular flexibility index (Phi) is 5.60. The van der Waals surface area contributed by atoms with Crippen LogP contribution in [0.4, 0.5) is 0 Å².